The maximum atomic E-state index is 12.7. The van der Waals surface area contributed by atoms with Gasteiger partial charge in [-0.05, 0) is 49.2 Å². The molecule has 2 aromatic rings. The van der Waals surface area contributed by atoms with Crippen LogP contribution in [-0.2, 0) is 11.3 Å². The third-order valence-electron chi connectivity index (χ3n) is 4.35. The zero-order valence-corrected chi connectivity index (χ0v) is 17.8. The van der Waals surface area contributed by atoms with Crippen molar-refractivity contribution in [2.45, 2.75) is 25.6 Å². The second kappa shape index (κ2) is 10.5. The second-order valence-corrected chi connectivity index (χ2v) is 7.87. The minimum Gasteiger partial charge on any atom is -0.493 e. The van der Waals surface area contributed by atoms with Gasteiger partial charge in [0, 0.05) is 23.4 Å². The molecule has 0 radical (unpaired) electrons. The topological polar surface area (TPSA) is 38.8 Å². The normalized spacial score (nSPS) is 11.7. The average molecular weight is 408 g/mol. The summed E-state index contributed by atoms with van der Waals surface area (Å²) in [5, 5.41) is 0.949. The number of carbonyl (C=O) groups excluding carboxylic acids is 1. The molecule has 0 aliphatic heterocycles. The van der Waals surface area contributed by atoms with Gasteiger partial charge >= 0.3 is 0 Å². The van der Waals surface area contributed by atoms with Crippen molar-refractivity contribution in [1.82, 2.24) is 4.90 Å². The molecule has 0 aliphatic carbocycles. The summed E-state index contributed by atoms with van der Waals surface area (Å²) >= 11 is 7.57. The second-order valence-electron chi connectivity index (χ2n) is 6.10. The van der Waals surface area contributed by atoms with Crippen LogP contribution in [0.2, 0.25) is 5.02 Å². The summed E-state index contributed by atoms with van der Waals surface area (Å²) in [7, 11) is 3.22. The average Bonchev–Trinajstić information content (AvgIpc) is 2.70. The van der Waals surface area contributed by atoms with Crippen LogP contribution >= 0.6 is 23.4 Å². The number of carbonyl (C=O) groups is 1. The van der Waals surface area contributed by atoms with Gasteiger partial charge in [-0.15, -0.1) is 11.8 Å². The lowest BCUT2D eigenvalue weighted by Crippen LogP contribution is -2.31. The van der Waals surface area contributed by atoms with E-state index in [4.69, 9.17) is 21.1 Å². The minimum absolute atomic E-state index is 0.123. The Labute approximate surface area is 170 Å². The van der Waals surface area contributed by atoms with Gasteiger partial charge < -0.3 is 14.4 Å². The smallest absolute Gasteiger partial charge is 0.232 e. The van der Waals surface area contributed by atoms with Crippen LogP contribution < -0.4 is 9.47 Å². The maximum Gasteiger partial charge on any atom is 0.232 e. The monoisotopic (exact) mass is 407 g/mol. The zero-order chi connectivity index (χ0) is 19.8. The standard InChI is InChI=1S/C21H26ClNO3S/c1-5-23(13-16-6-11-19(25-3)20(12-16)26-4)21(24)14-27-15(2)17-7-9-18(22)10-8-17/h6-12,15H,5,13-14H2,1-4H3. The molecule has 0 saturated heterocycles. The molecule has 0 bridgehead atoms. The predicted octanol–water partition coefficient (Wildman–Crippen LogP) is 5.20. The quantitative estimate of drug-likeness (QED) is 0.572. The lowest BCUT2D eigenvalue weighted by atomic mass is 10.2. The van der Waals surface area contributed by atoms with Gasteiger partial charge in [-0.25, -0.2) is 0 Å². The van der Waals surface area contributed by atoms with Crippen molar-refractivity contribution in [3.8, 4) is 11.5 Å². The van der Waals surface area contributed by atoms with E-state index in [2.05, 4.69) is 6.92 Å². The number of rotatable bonds is 9. The Morgan fingerprint density at radius 1 is 1.11 bits per heavy atom. The van der Waals surface area contributed by atoms with E-state index in [0.29, 0.717) is 30.3 Å². The number of benzene rings is 2. The SMILES string of the molecule is CCN(Cc1ccc(OC)c(OC)c1)C(=O)CSC(C)c1ccc(Cl)cc1. The van der Waals surface area contributed by atoms with E-state index in [1.165, 1.54) is 5.56 Å². The van der Waals surface area contributed by atoms with Crippen LogP contribution in [0.1, 0.15) is 30.2 Å². The van der Waals surface area contributed by atoms with Crippen LogP contribution in [-0.4, -0.2) is 37.3 Å². The summed E-state index contributed by atoms with van der Waals surface area (Å²) in [5.74, 6) is 1.91. The van der Waals surface area contributed by atoms with Crippen LogP contribution in [0.25, 0.3) is 0 Å². The molecule has 0 aliphatic rings. The molecule has 146 valence electrons. The summed E-state index contributed by atoms with van der Waals surface area (Å²) in [6.07, 6.45) is 0. The molecule has 0 aromatic heterocycles. The predicted molar refractivity (Wildman–Crippen MR) is 113 cm³/mol. The molecule has 1 atom stereocenters. The number of nitrogens with zero attached hydrogens (tertiary/aromatic N) is 1. The summed E-state index contributed by atoms with van der Waals surface area (Å²) in [6.45, 7) is 5.30. The highest BCUT2D eigenvalue weighted by Crippen LogP contribution is 2.30. The molecule has 0 N–H and O–H groups in total. The van der Waals surface area contributed by atoms with Gasteiger partial charge in [0.1, 0.15) is 0 Å². The van der Waals surface area contributed by atoms with Gasteiger partial charge in [0.25, 0.3) is 0 Å². The number of methoxy groups -OCH3 is 2. The molecule has 0 fully saturated rings. The first-order valence-corrected chi connectivity index (χ1v) is 10.3. The van der Waals surface area contributed by atoms with Gasteiger partial charge in [0.2, 0.25) is 5.91 Å². The highest BCUT2D eigenvalue weighted by atomic mass is 35.5. The third kappa shape index (κ3) is 6.08. The fraction of sp³-hybridized carbons (Fsp3) is 0.381. The van der Waals surface area contributed by atoms with Gasteiger partial charge in [-0.1, -0.05) is 29.8 Å². The number of hydrogen-bond donors (Lipinski definition) is 0. The zero-order valence-electron chi connectivity index (χ0n) is 16.2. The van der Waals surface area contributed by atoms with Crippen LogP contribution in [0, 0.1) is 0 Å². The minimum atomic E-state index is 0.123. The third-order valence-corrected chi connectivity index (χ3v) is 5.79. The van der Waals surface area contributed by atoms with Crippen LogP contribution in [0.4, 0.5) is 0 Å². The summed E-state index contributed by atoms with van der Waals surface area (Å²) in [5.41, 5.74) is 2.18. The maximum absolute atomic E-state index is 12.7. The molecule has 27 heavy (non-hydrogen) atoms. The molecular formula is C21H26ClNO3S. The molecule has 1 unspecified atom stereocenters. The molecule has 4 nitrogen and oxygen atoms in total. The Morgan fingerprint density at radius 2 is 1.78 bits per heavy atom. The van der Waals surface area contributed by atoms with E-state index in [0.717, 1.165) is 10.6 Å². The van der Waals surface area contributed by atoms with E-state index >= 15 is 0 Å². The number of thioether (sulfide) groups is 1. The van der Waals surface area contributed by atoms with Gasteiger partial charge in [-0.2, -0.15) is 0 Å². The Balaban J connectivity index is 1.96. The van der Waals surface area contributed by atoms with E-state index in [-0.39, 0.29) is 11.2 Å². The summed E-state index contributed by atoms with van der Waals surface area (Å²) in [6, 6.07) is 13.5. The molecule has 2 rings (SSSR count). The van der Waals surface area contributed by atoms with Crippen LogP contribution in [0.3, 0.4) is 0 Å². The molecule has 0 spiro atoms. The molecule has 0 heterocycles. The van der Waals surface area contributed by atoms with Gasteiger partial charge in [0.05, 0.1) is 20.0 Å². The number of halogens is 1. The Kier molecular flexibility index (Phi) is 8.32. The summed E-state index contributed by atoms with van der Waals surface area (Å²) in [4.78, 5) is 14.5. The first kappa shape index (κ1) is 21.5. The van der Waals surface area contributed by atoms with E-state index in [9.17, 15) is 4.79 Å². The van der Waals surface area contributed by atoms with Crippen LogP contribution in [0.15, 0.2) is 42.5 Å². The van der Waals surface area contributed by atoms with Crippen molar-refractivity contribution in [2.75, 3.05) is 26.5 Å². The van der Waals surface area contributed by atoms with Crippen molar-refractivity contribution < 1.29 is 14.3 Å². The highest BCUT2D eigenvalue weighted by Gasteiger charge is 2.16. The summed E-state index contributed by atoms with van der Waals surface area (Å²) < 4.78 is 10.6. The van der Waals surface area contributed by atoms with E-state index in [1.54, 1.807) is 26.0 Å². The Bertz CT molecular complexity index is 752. The first-order chi connectivity index (χ1) is 13.0. The molecular weight excluding hydrogens is 382 g/mol. The van der Waals surface area contributed by atoms with E-state index in [1.807, 2.05) is 54.3 Å². The fourth-order valence-electron chi connectivity index (χ4n) is 2.69. The Morgan fingerprint density at radius 3 is 2.37 bits per heavy atom. The highest BCUT2D eigenvalue weighted by molar-refractivity contribution is 8.00. The van der Waals surface area contributed by atoms with Crippen molar-refractivity contribution in [3.63, 3.8) is 0 Å². The van der Waals surface area contributed by atoms with Crippen molar-refractivity contribution in [3.05, 3.63) is 58.6 Å². The number of hydrogen-bond acceptors (Lipinski definition) is 4. The van der Waals surface area contributed by atoms with Crippen molar-refractivity contribution >= 4 is 29.3 Å². The van der Waals surface area contributed by atoms with Gasteiger partial charge in [0.15, 0.2) is 11.5 Å². The molecule has 1 amide bonds. The lowest BCUT2D eigenvalue weighted by Gasteiger charge is -2.22. The Hall–Kier alpha value is -1.85. The van der Waals surface area contributed by atoms with Crippen LogP contribution in [0.5, 0.6) is 11.5 Å². The van der Waals surface area contributed by atoms with E-state index < -0.39 is 0 Å². The number of amides is 1. The first-order valence-electron chi connectivity index (χ1n) is 8.84. The number of ether oxygens (including phenoxy) is 2. The van der Waals surface area contributed by atoms with Crippen molar-refractivity contribution in [2.24, 2.45) is 0 Å². The molecule has 6 heteroatoms. The molecule has 0 saturated carbocycles. The largest absolute Gasteiger partial charge is 0.493 e. The molecule has 2 aromatic carbocycles. The van der Waals surface area contributed by atoms with Crippen molar-refractivity contribution in [1.29, 1.82) is 0 Å². The lowest BCUT2D eigenvalue weighted by molar-refractivity contribution is -0.128. The van der Waals surface area contributed by atoms with Gasteiger partial charge in [-0.3, -0.25) is 4.79 Å². The fourth-order valence-corrected chi connectivity index (χ4v) is 3.74.